The van der Waals surface area contributed by atoms with Crippen LogP contribution in [-0.2, 0) is 6.42 Å². The Labute approximate surface area is 119 Å². The Morgan fingerprint density at radius 2 is 1.85 bits per heavy atom. The Hall–Kier alpha value is -1.87. The largest absolute Gasteiger partial charge is 0.492 e. The fourth-order valence-corrected chi connectivity index (χ4v) is 1.99. The van der Waals surface area contributed by atoms with Crippen LogP contribution in [0.3, 0.4) is 0 Å². The summed E-state index contributed by atoms with van der Waals surface area (Å²) in [5.41, 5.74) is 9.01. The molecule has 3 heteroatoms. The first-order chi connectivity index (χ1) is 9.60. The van der Waals surface area contributed by atoms with Crippen LogP contribution in [0, 0.1) is 12.7 Å². The van der Waals surface area contributed by atoms with E-state index in [0.29, 0.717) is 17.9 Å². The number of rotatable bonds is 5. The zero-order valence-corrected chi connectivity index (χ0v) is 11.9. The van der Waals surface area contributed by atoms with Gasteiger partial charge in [-0.2, -0.15) is 0 Å². The average molecular weight is 273 g/mol. The lowest BCUT2D eigenvalue weighted by atomic mass is 10.1. The monoisotopic (exact) mass is 273 g/mol. The molecule has 0 saturated carbocycles. The van der Waals surface area contributed by atoms with E-state index in [1.807, 2.05) is 12.1 Å². The molecular formula is C17H20FNO. The molecule has 20 heavy (non-hydrogen) atoms. The van der Waals surface area contributed by atoms with Gasteiger partial charge in [0.25, 0.3) is 0 Å². The molecule has 0 aliphatic carbocycles. The van der Waals surface area contributed by atoms with Crippen LogP contribution in [0.2, 0.25) is 0 Å². The number of nitrogens with two attached hydrogens (primary N) is 1. The zero-order valence-electron chi connectivity index (χ0n) is 11.9. The molecule has 0 fully saturated rings. The normalized spacial score (nSPS) is 12.2. The first-order valence-corrected chi connectivity index (χ1v) is 6.83. The molecule has 106 valence electrons. The van der Waals surface area contributed by atoms with E-state index >= 15 is 0 Å². The molecule has 0 aliphatic heterocycles. The lowest BCUT2D eigenvalue weighted by molar-refractivity contribution is 0.290. The molecule has 0 spiro atoms. The van der Waals surface area contributed by atoms with Crippen molar-refractivity contribution in [1.29, 1.82) is 0 Å². The second-order valence-corrected chi connectivity index (χ2v) is 4.92. The molecule has 2 aromatic rings. The van der Waals surface area contributed by atoms with Crippen molar-refractivity contribution in [2.75, 3.05) is 6.61 Å². The van der Waals surface area contributed by atoms with Gasteiger partial charge in [-0.25, -0.2) is 4.39 Å². The van der Waals surface area contributed by atoms with E-state index in [0.717, 1.165) is 12.0 Å². The van der Waals surface area contributed by atoms with Crippen molar-refractivity contribution >= 4 is 0 Å². The Morgan fingerprint density at radius 3 is 2.45 bits per heavy atom. The highest BCUT2D eigenvalue weighted by Gasteiger charge is 2.07. The zero-order chi connectivity index (χ0) is 14.5. The van der Waals surface area contributed by atoms with Crippen LogP contribution in [0.1, 0.15) is 29.7 Å². The molecule has 2 nitrogen and oxygen atoms in total. The van der Waals surface area contributed by atoms with Crippen LogP contribution in [0.4, 0.5) is 4.39 Å². The van der Waals surface area contributed by atoms with E-state index in [4.69, 9.17) is 10.5 Å². The topological polar surface area (TPSA) is 35.2 Å². The van der Waals surface area contributed by atoms with Crippen LogP contribution in [-0.4, -0.2) is 6.61 Å². The van der Waals surface area contributed by atoms with Gasteiger partial charge in [0.05, 0.1) is 6.04 Å². The van der Waals surface area contributed by atoms with Crippen molar-refractivity contribution in [2.45, 2.75) is 26.3 Å². The third kappa shape index (κ3) is 3.58. The van der Waals surface area contributed by atoms with Gasteiger partial charge in [0.15, 0.2) is 0 Å². The van der Waals surface area contributed by atoms with Gasteiger partial charge in [-0.15, -0.1) is 0 Å². The standard InChI is InChI=1S/C17H20FNO/c1-3-13-4-6-14(7-5-13)17(19)11-20-15-8-9-16(18)12(2)10-15/h4-10,17H,3,11,19H2,1-2H3. The number of ether oxygens (including phenoxy) is 1. The van der Waals surface area contributed by atoms with Gasteiger partial charge in [0.2, 0.25) is 0 Å². The predicted octanol–water partition coefficient (Wildman–Crippen LogP) is 3.78. The maximum Gasteiger partial charge on any atom is 0.126 e. The number of aryl methyl sites for hydroxylation is 2. The van der Waals surface area contributed by atoms with Crippen molar-refractivity contribution in [3.8, 4) is 5.75 Å². The average Bonchev–Trinajstić information content (AvgIpc) is 2.48. The highest BCUT2D eigenvalue weighted by molar-refractivity contribution is 5.29. The summed E-state index contributed by atoms with van der Waals surface area (Å²) in [4.78, 5) is 0. The maximum atomic E-state index is 13.2. The quantitative estimate of drug-likeness (QED) is 0.900. The van der Waals surface area contributed by atoms with E-state index in [1.165, 1.54) is 11.6 Å². The maximum absolute atomic E-state index is 13.2. The van der Waals surface area contributed by atoms with Gasteiger partial charge in [0.1, 0.15) is 18.2 Å². The van der Waals surface area contributed by atoms with Crippen LogP contribution in [0.5, 0.6) is 5.75 Å². The number of benzene rings is 2. The lowest BCUT2D eigenvalue weighted by Gasteiger charge is -2.14. The third-order valence-corrected chi connectivity index (χ3v) is 3.38. The molecule has 2 aromatic carbocycles. The minimum Gasteiger partial charge on any atom is -0.492 e. The molecule has 0 aromatic heterocycles. The highest BCUT2D eigenvalue weighted by Crippen LogP contribution is 2.18. The van der Waals surface area contributed by atoms with Crippen LogP contribution in [0.25, 0.3) is 0 Å². The summed E-state index contributed by atoms with van der Waals surface area (Å²) in [7, 11) is 0. The summed E-state index contributed by atoms with van der Waals surface area (Å²) >= 11 is 0. The fraction of sp³-hybridized carbons (Fsp3) is 0.294. The van der Waals surface area contributed by atoms with Gasteiger partial charge in [0, 0.05) is 0 Å². The smallest absolute Gasteiger partial charge is 0.126 e. The highest BCUT2D eigenvalue weighted by atomic mass is 19.1. The van der Waals surface area contributed by atoms with Crippen LogP contribution in [0.15, 0.2) is 42.5 Å². The third-order valence-electron chi connectivity index (χ3n) is 3.38. The number of halogens is 1. The predicted molar refractivity (Wildman–Crippen MR) is 79.4 cm³/mol. The van der Waals surface area contributed by atoms with Crippen molar-refractivity contribution < 1.29 is 9.13 Å². The first kappa shape index (κ1) is 14.5. The summed E-state index contributed by atoms with van der Waals surface area (Å²) in [5, 5.41) is 0. The molecule has 1 atom stereocenters. The van der Waals surface area contributed by atoms with Crippen molar-refractivity contribution in [1.82, 2.24) is 0 Å². The molecule has 0 saturated heterocycles. The Kier molecular flexibility index (Phi) is 4.74. The molecule has 0 heterocycles. The van der Waals surface area contributed by atoms with Crippen molar-refractivity contribution in [2.24, 2.45) is 5.73 Å². The molecule has 2 N–H and O–H groups in total. The summed E-state index contributed by atoms with van der Waals surface area (Å²) in [6, 6.07) is 12.7. The summed E-state index contributed by atoms with van der Waals surface area (Å²) in [6.45, 7) is 4.21. The fourth-order valence-electron chi connectivity index (χ4n) is 1.99. The first-order valence-electron chi connectivity index (χ1n) is 6.83. The lowest BCUT2D eigenvalue weighted by Crippen LogP contribution is -2.19. The summed E-state index contributed by atoms with van der Waals surface area (Å²) < 4.78 is 18.8. The Bertz CT molecular complexity index is 566. The van der Waals surface area contributed by atoms with E-state index < -0.39 is 0 Å². The van der Waals surface area contributed by atoms with E-state index in [-0.39, 0.29) is 11.9 Å². The number of hydrogen-bond donors (Lipinski definition) is 1. The minimum atomic E-state index is -0.225. The molecular weight excluding hydrogens is 253 g/mol. The van der Waals surface area contributed by atoms with Crippen molar-refractivity contribution in [3.63, 3.8) is 0 Å². The van der Waals surface area contributed by atoms with E-state index in [9.17, 15) is 4.39 Å². The summed E-state index contributed by atoms with van der Waals surface area (Å²) in [6.07, 6.45) is 1.01. The van der Waals surface area contributed by atoms with Crippen molar-refractivity contribution in [3.05, 3.63) is 65.0 Å². The second-order valence-electron chi connectivity index (χ2n) is 4.92. The van der Waals surface area contributed by atoms with Crippen LogP contribution < -0.4 is 10.5 Å². The van der Waals surface area contributed by atoms with Gasteiger partial charge in [-0.1, -0.05) is 31.2 Å². The SMILES string of the molecule is CCc1ccc(C(N)COc2ccc(F)c(C)c2)cc1. The molecule has 1 unspecified atom stereocenters. The van der Waals surface area contributed by atoms with Crippen LogP contribution >= 0.6 is 0 Å². The molecule has 0 radical (unpaired) electrons. The van der Waals surface area contributed by atoms with E-state index in [2.05, 4.69) is 19.1 Å². The number of hydrogen-bond acceptors (Lipinski definition) is 2. The molecule has 2 rings (SSSR count). The minimum absolute atomic E-state index is 0.189. The van der Waals surface area contributed by atoms with Gasteiger partial charge < -0.3 is 10.5 Å². The summed E-state index contributed by atoms with van der Waals surface area (Å²) in [5.74, 6) is 0.418. The van der Waals surface area contributed by atoms with Gasteiger partial charge in [-0.3, -0.25) is 0 Å². The Balaban J connectivity index is 1.96. The second kappa shape index (κ2) is 6.53. The van der Waals surface area contributed by atoms with E-state index in [1.54, 1.807) is 19.1 Å². The molecule has 0 amide bonds. The molecule has 0 bridgehead atoms. The molecule has 0 aliphatic rings. The Morgan fingerprint density at radius 1 is 1.15 bits per heavy atom. The van der Waals surface area contributed by atoms with Gasteiger partial charge in [-0.05, 0) is 48.2 Å². The van der Waals surface area contributed by atoms with Gasteiger partial charge >= 0.3 is 0 Å².